The quantitative estimate of drug-likeness (QED) is 0.388. The van der Waals surface area contributed by atoms with Gasteiger partial charge in [0.1, 0.15) is 0 Å². The first kappa shape index (κ1) is 15.9. The fourth-order valence-electron chi connectivity index (χ4n) is 3.01. The number of aliphatic hydroxyl groups is 1. The summed E-state index contributed by atoms with van der Waals surface area (Å²) in [5.74, 6) is 2.54. The molecule has 0 amide bonds. The van der Waals surface area contributed by atoms with Crippen LogP contribution in [0.5, 0.6) is 0 Å². The lowest BCUT2D eigenvalue weighted by Crippen LogP contribution is -2.26. The van der Waals surface area contributed by atoms with E-state index in [2.05, 4.69) is 60.5 Å². The van der Waals surface area contributed by atoms with E-state index >= 15 is 0 Å². The lowest BCUT2D eigenvalue weighted by atomic mass is 10.3. The fraction of sp³-hybridized carbons (Fsp3) is 1.00. The zero-order valence-electron chi connectivity index (χ0n) is 12.4. The maximum Gasteiger partial charge on any atom is 0.0992 e. The van der Waals surface area contributed by atoms with E-state index in [0.717, 1.165) is 19.8 Å². The first-order valence-electron chi connectivity index (χ1n) is 7.15. The van der Waals surface area contributed by atoms with Crippen molar-refractivity contribution >= 4 is 22.6 Å². The first-order valence-corrected chi connectivity index (χ1v) is 8.40. The molecule has 2 fully saturated rings. The first-order chi connectivity index (χ1) is 8.95. The number of aliphatic hydroxyl groups excluding tert-OH is 1. The molecule has 0 saturated heterocycles. The van der Waals surface area contributed by atoms with Crippen molar-refractivity contribution in [2.75, 3.05) is 47.6 Å². The Bertz CT molecular complexity index is 303. The molecule has 5 heteroatoms. The van der Waals surface area contributed by atoms with Gasteiger partial charge in [0, 0.05) is 29.5 Å². The highest BCUT2D eigenvalue weighted by Gasteiger charge is 2.50. The summed E-state index contributed by atoms with van der Waals surface area (Å²) in [6.45, 7) is 5.45. The molecule has 0 aromatic heterocycles. The van der Waals surface area contributed by atoms with Crippen LogP contribution in [-0.4, -0.2) is 72.5 Å². The van der Waals surface area contributed by atoms with Crippen LogP contribution in [-0.2, 0) is 4.74 Å². The summed E-state index contributed by atoms with van der Waals surface area (Å²) in [5.41, 5.74) is 0. The monoisotopic (exact) mass is 382 g/mol. The van der Waals surface area contributed by atoms with Crippen molar-refractivity contribution in [3.63, 3.8) is 0 Å². The minimum atomic E-state index is 0.337. The molecule has 1 N–H and O–H groups in total. The molecule has 0 bridgehead atoms. The normalized spacial score (nSPS) is 41.1. The molecule has 2 rings (SSSR count). The minimum absolute atomic E-state index is 0.337. The summed E-state index contributed by atoms with van der Waals surface area (Å²) in [5, 5.41) is 9.19. The van der Waals surface area contributed by atoms with Crippen molar-refractivity contribution in [1.29, 1.82) is 0 Å². The van der Waals surface area contributed by atoms with Crippen LogP contribution in [0.4, 0.5) is 0 Å². The predicted octanol–water partition coefficient (Wildman–Crippen LogP) is 1.13. The van der Waals surface area contributed by atoms with Crippen LogP contribution in [0.2, 0.25) is 0 Å². The smallest absolute Gasteiger partial charge is 0.0992 e. The summed E-state index contributed by atoms with van der Waals surface area (Å²) in [7, 11) is 6.35. The Labute approximate surface area is 130 Å². The van der Waals surface area contributed by atoms with Crippen molar-refractivity contribution in [2.24, 2.45) is 23.7 Å². The second-order valence-electron chi connectivity index (χ2n) is 6.54. The molecule has 0 heterocycles. The predicted molar refractivity (Wildman–Crippen MR) is 85.5 cm³/mol. The Balaban J connectivity index is 1.61. The third-order valence-corrected chi connectivity index (χ3v) is 6.19. The number of alkyl halides is 1. The van der Waals surface area contributed by atoms with E-state index in [4.69, 9.17) is 4.74 Å². The summed E-state index contributed by atoms with van der Waals surface area (Å²) >= 11 is 2.51. The van der Waals surface area contributed by atoms with Gasteiger partial charge in [-0.3, -0.25) is 4.90 Å². The lowest BCUT2D eigenvalue weighted by Gasteiger charge is -2.17. The average molecular weight is 382 g/mol. The number of rotatable bonds is 8. The zero-order valence-corrected chi connectivity index (χ0v) is 14.6. The molecule has 0 radical (unpaired) electrons. The van der Waals surface area contributed by atoms with E-state index in [0.29, 0.717) is 40.3 Å². The van der Waals surface area contributed by atoms with Crippen LogP contribution >= 0.6 is 22.6 Å². The number of hydrogen-bond donors (Lipinski definition) is 1. The van der Waals surface area contributed by atoms with E-state index < -0.39 is 0 Å². The second-order valence-corrected chi connectivity index (χ2v) is 7.98. The highest BCUT2D eigenvalue weighted by molar-refractivity contribution is 14.1. The van der Waals surface area contributed by atoms with E-state index in [1.807, 2.05) is 0 Å². The van der Waals surface area contributed by atoms with Gasteiger partial charge < -0.3 is 14.7 Å². The summed E-state index contributed by atoms with van der Waals surface area (Å²) in [4.78, 5) is 4.49. The van der Waals surface area contributed by atoms with Gasteiger partial charge in [-0.15, -0.1) is 0 Å². The molecular formula is C14H27IN2O2. The Kier molecular flexibility index (Phi) is 5.50. The highest BCUT2D eigenvalue weighted by atomic mass is 127. The molecule has 0 aliphatic heterocycles. The van der Waals surface area contributed by atoms with Gasteiger partial charge in [0.25, 0.3) is 0 Å². The van der Waals surface area contributed by atoms with Crippen molar-refractivity contribution < 1.29 is 9.84 Å². The van der Waals surface area contributed by atoms with Crippen LogP contribution < -0.4 is 0 Å². The molecule has 0 aromatic carbocycles. The summed E-state index contributed by atoms with van der Waals surface area (Å²) in [6, 6.07) is 0. The van der Waals surface area contributed by atoms with Crippen LogP contribution in [0.25, 0.3) is 0 Å². The average Bonchev–Trinajstić information content (AvgIpc) is 3.15. The van der Waals surface area contributed by atoms with Gasteiger partial charge in [-0.05, 0) is 38.9 Å². The number of ether oxygens (including phenoxy) is 1. The molecule has 6 atom stereocenters. The van der Waals surface area contributed by atoms with E-state index in [1.165, 1.54) is 0 Å². The number of halogens is 1. The van der Waals surface area contributed by atoms with Crippen molar-refractivity contribution in [3.8, 4) is 0 Å². The zero-order chi connectivity index (χ0) is 14.2. The maximum atomic E-state index is 9.19. The molecule has 19 heavy (non-hydrogen) atoms. The van der Waals surface area contributed by atoms with Crippen LogP contribution in [0, 0.1) is 23.7 Å². The van der Waals surface area contributed by atoms with E-state index in [1.54, 1.807) is 0 Å². The highest BCUT2D eigenvalue weighted by Crippen LogP contribution is 2.46. The SMILES string of the molecule is CC1C(CO)C1CN(C)COC1C(I)C1CN(C)C. The largest absolute Gasteiger partial charge is 0.396 e. The van der Waals surface area contributed by atoms with Crippen LogP contribution in [0.3, 0.4) is 0 Å². The third kappa shape index (κ3) is 4.03. The molecule has 2 aliphatic rings. The molecular weight excluding hydrogens is 355 g/mol. The summed E-state index contributed by atoms with van der Waals surface area (Å²) in [6.07, 6.45) is 0.427. The molecule has 2 aliphatic carbocycles. The Hall–Kier alpha value is 0.570. The Morgan fingerprint density at radius 1 is 1.11 bits per heavy atom. The standard InChI is InChI=1S/C14H27IN2O2/c1-9-10(12(9)7-18)6-17(4)8-19-14-11(13(14)15)5-16(2)3/h9-14,18H,5-8H2,1-4H3. The summed E-state index contributed by atoms with van der Waals surface area (Å²) < 4.78 is 6.67. The number of hydrogen-bond acceptors (Lipinski definition) is 4. The topological polar surface area (TPSA) is 35.9 Å². The van der Waals surface area contributed by atoms with Crippen LogP contribution in [0.15, 0.2) is 0 Å². The van der Waals surface area contributed by atoms with Gasteiger partial charge >= 0.3 is 0 Å². The maximum absolute atomic E-state index is 9.19. The van der Waals surface area contributed by atoms with Gasteiger partial charge in [0.2, 0.25) is 0 Å². The molecule has 2 saturated carbocycles. The lowest BCUT2D eigenvalue weighted by molar-refractivity contribution is 0.0214. The van der Waals surface area contributed by atoms with Crippen molar-refractivity contribution in [3.05, 3.63) is 0 Å². The van der Waals surface area contributed by atoms with Crippen molar-refractivity contribution in [2.45, 2.75) is 17.0 Å². The van der Waals surface area contributed by atoms with E-state index in [-0.39, 0.29) is 0 Å². The fourth-order valence-corrected chi connectivity index (χ4v) is 4.15. The molecule has 0 spiro atoms. The third-order valence-electron chi connectivity index (χ3n) is 4.56. The molecule has 4 nitrogen and oxygen atoms in total. The minimum Gasteiger partial charge on any atom is -0.396 e. The molecule has 6 unspecified atom stereocenters. The van der Waals surface area contributed by atoms with Crippen LogP contribution in [0.1, 0.15) is 6.92 Å². The Morgan fingerprint density at radius 2 is 1.79 bits per heavy atom. The van der Waals surface area contributed by atoms with Gasteiger partial charge in [0.15, 0.2) is 0 Å². The molecule has 0 aromatic rings. The van der Waals surface area contributed by atoms with Gasteiger partial charge in [-0.2, -0.15) is 0 Å². The van der Waals surface area contributed by atoms with Gasteiger partial charge in [-0.25, -0.2) is 0 Å². The second kappa shape index (κ2) is 6.56. The van der Waals surface area contributed by atoms with Gasteiger partial charge in [0.05, 0.1) is 12.8 Å². The number of nitrogens with zero attached hydrogens (tertiary/aromatic N) is 2. The van der Waals surface area contributed by atoms with E-state index in [9.17, 15) is 5.11 Å². The van der Waals surface area contributed by atoms with Crippen molar-refractivity contribution in [1.82, 2.24) is 9.80 Å². The Morgan fingerprint density at radius 3 is 2.32 bits per heavy atom. The molecule has 112 valence electrons. The van der Waals surface area contributed by atoms with Gasteiger partial charge in [-0.1, -0.05) is 29.5 Å².